The number of nitrogens with zero attached hydrogens (tertiary/aromatic N) is 2. The van der Waals surface area contributed by atoms with Gasteiger partial charge in [-0.3, -0.25) is 9.98 Å². The highest BCUT2D eigenvalue weighted by molar-refractivity contribution is 6.31. The number of unbranched alkanes of at least 4 members (excludes halogenated alkanes) is 46. The van der Waals surface area contributed by atoms with Crippen molar-refractivity contribution in [2.75, 3.05) is 0 Å². The first-order valence-electron chi connectivity index (χ1n) is 32.4. The van der Waals surface area contributed by atoms with E-state index in [0.717, 1.165) is 36.3 Å². The number of hydrogen-bond donors (Lipinski definition) is 0. The molecule has 0 spiro atoms. The summed E-state index contributed by atoms with van der Waals surface area (Å²) < 4.78 is 0. The molecule has 0 N–H and O–H groups in total. The molecule has 72 heavy (non-hydrogen) atoms. The average Bonchev–Trinajstić information content (AvgIpc) is 3.40. The van der Waals surface area contributed by atoms with Crippen molar-refractivity contribution in [2.45, 2.75) is 335 Å². The Morgan fingerprint density at radius 1 is 0.319 bits per heavy atom. The predicted octanol–water partition coefficient (Wildman–Crippen LogP) is 25.4. The summed E-state index contributed by atoms with van der Waals surface area (Å²) in [5.74, 6) is 0. The van der Waals surface area contributed by atoms with Crippen molar-refractivity contribution in [2.24, 2.45) is 9.98 Å². The van der Waals surface area contributed by atoms with Crippen molar-refractivity contribution in [3.8, 4) is 0 Å². The van der Waals surface area contributed by atoms with Gasteiger partial charge in [-0.15, -0.1) is 0 Å². The van der Waals surface area contributed by atoms with Crippen LogP contribution in [-0.2, 0) is 0 Å². The lowest BCUT2D eigenvalue weighted by Gasteiger charge is -2.04. The Hall–Kier alpha value is -2.74. The van der Waals surface area contributed by atoms with Gasteiger partial charge in [0, 0.05) is 6.21 Å². The number of hydrogen-bond acceptors (Lipinski definition) is 2. The molecule has 0 aliphatic rings. The molecule has 0 aromatic heterocycles. The zero-order valence-electron chi connectivity index (χ0n) is 48.5. The van der Waals surface area contributed by atoms with Crippen LogP contribution < -0.4 is 0 Å². The molecule has 0 atom stereocenters. The standard InChI is InChI=1S/C70H120N2/c1-4-7-9-11-13-15-17-19-21-23-25-27-29-31-33-35-37-39-41-43-45-47-49-51-53-57-66-59-55-61-69(63-66)71-65-68(6-3)72-70-62-56-60-67(64-70)58-54-52-50-48-46-44-42-40-38-36-34-32-30-28-26-24-22-20-18-16-14-12-10-8-5-2/h53-65H,4-52H2,1-3H3. The third kappa shape index (κ3) is 43.6. The van der Waals surface area contributed by atoms with Gasteiger partial charge in [0.25, 0.3) is 0 Å². The van der Waals surface area contributed by atoms with Crippen LogP contribution in [0.3, 0.4) is 0 Å². The molecule has 2 rings (SSSR count). The average molecular weight is 990 g/mol. The monoisotopic (exact) mass is 989 g/mol. The van der Waals surface area contributed by atoms with Crippen molar-refractivity contribution in [1.29, 1.82) is 0 Å². The van der Waals surface area contributed by atoms with E-state index in [-0.39, 0.29) is 0 Å². The summed E-state index contributed by atoms with van der Waals surface area (Å²) in [5.41, 5.74) is 5.45. The van der Waals surface area contributed by atoms with E-state index >= 15 is 0 Å². The fraction of sp³-hybridized carbons (Fsp3) is 0.743. The Morgan fingerprint density at radius 2 is 0.583 bits per heavy atom. The van der Waals surface area contributed by atoms with Crippen molar-refractivity contribution >= 4 is 35.5 Å². The Morgan fingerprint density at radius 3 is 0.875 bits per heavy atom. The van der Waals surface area contributed by atoms with E-state index in [1.807, 2.05) is 6.21 Å². The second kappa shape index (κ2) is 53.1. The van der Waals surface area contributed by atoms with Crippen LogP contribution in [0.1, 0.15) is 347 Å². The van der Waals surface area contributed by atoms with Crippen molar-refractivity contribution in [1.82, 2.24) is 0 Å². The number of aliphatic imine (C=N–C) groups is 2. The van der Waals surface area contributed by atoms with Crippen LogP contribution >= 0.6 is 0 Å². The molecule has 0 amide bonds. The predicted molar refractivity (Wildman–Crippen MR) is 329 cm³/mol. The van der Waals surface area contributed by atoms with E-state index in [1.54, 1.807) is 0 Å². The van der Waals surface area contributed by atoms with Gasteiger partial charge >= 0.3 is 0 Å². The molecule has 0 radical (unpaired) electrons. The fourth-order valence-electron chi connectivity index (χ4n) is 10.5. The minimum Gasteiger partial charge on any atom is -0.255 e. The van der Waals surface area contributed by atoms with E-state index in [2.05, 4.69) is 93.6 Å². The maximum absolute atomic E-state index is 4.98. The van der Waals surface area contributed by atoms with Crippen LogP contribution in [-0.4, -0.2) is 11.9 Å². The quantitative estimate of drug-likeness (QED) is 0.0466. The Balaban J connectivity index is 1.44. The second-order valence-electron chi connectivity index (χ2n) is 22.3. The first-order valence-corrected chi connectivity index (χ1v) is 32.4. The van der Waals surface area contributed by atoms with Crippen LogP contribution in [0.2, 0.25) is 0 Å². The molecule has 410 valence electrons. The third-order valence-corrected chi connectivity index (χ3v) is 15.3. The van der Waals surface area contributed by atoms with Gasteiger partial charge in [-0.1, -0.05) is 352 Å². The Labute approximate surface area is 450 Å². The maximum atomic E-state index is 4.98. The normalized spacial score (nSPS) is 12.2. The molecule has 2 nitrogen and oxygen atoms in total. The van der Waals surface area contributed by atoms with Crippen LogP contribution in [0.5, 0.6) is 0 Å². The van der Waals surface area contributed by atoms with Crippen molar-refractivity contribution in [3.05, 3.63) is 71.8 Å². The van der Waals surface area contributed by atoms with Gasteiger partial charge < -0.3 is 0 Å². The molecule has 0 saturated carbocycles. The number of benzene rings is 2. The van der Waals surface area contributed by atoms with Crippen LogP contribution in [0.4, 0.5) is 11.4 Å². The van der Waals surface area contributed by atoms with Gasteiger partial charge in [0.15, 0.2) is 0 Å². The van der Waals surface area contributed by atoms with Crippen LogP contribution in [0, 0.1) is 0 Å². The number of allylic oxidation sites excluding steroid dienone is 2. The lowest BCUT2D eigenvalue weighted by atomic mass is 10.0. The highest BCUT2D eigenvalue weighted by Crippen LogP contribution is 2.21. The zero-order valence-corrected chi connectivity index (χ0v) is 48.5. The molecule has 0 fully saturated rings. The van der Waals surface area contributed by atoms with Crippen molar-refractivity contribution < 1.29 is 0 Å². The maximum Gasteiger partial charge on any atom is 0.0639 e. The Bertz CT molecular complexity index is 1550. The zero-order chi connectivity index (χ0) is 51.1. The van der Waals surface area contributed by atoms with E-state index < -0.39 is 0 Å². The SMILES string of the molecule is CCCCCCCCCCCCCCCCCCCCCCCCCC=Cc1cccc(N=CC(CC)=Nc2cccc(C=CCCCCCCCCCCCCCCCCCCCCCCCCC)c2)c1. The first kappa shape index (κ1) is 65.4. The van der Waals surface area contributed by atoms with E-state index in [4.69, 9.17) is 9.98 Å². The molecular formula is C70H120N2. The molecule has 2 heteroatoms. The molecule has 0 heterocycles. The Kier molecular flexibility index (Phi) is 48.2. The smallest absolute Gasteiger partial charge is 0.0639 e. The van der Waals surface area contributed by atoms with E-state index in [9.17, 15) is 0 Å². The molecular weight excluding hydrogens is 869 g/mol. The molecule has 2 aromatic rings. The number of rotatable bonds is 54. The lowest BCUT2D eigenvalue weighted by molar-refractivity contribution is 0.518. The van der Waals surface area contributed by atoms with Gasteiger partial charge in [0.05, 0.1) is 17.1 Å². The molecule has 0 unspecified atom stereocenters. The van der Waals surface area contributed by atoms with Crippen LogP contribution in [0.25, 0.3) is 12.2 Å². The van der Waals surface area contributed by atoms with E-state index in [1.165, 1.54) is 306 Å². The molecule has 0 aliphatic carbocycles. The summed E-state index contributed by atoms with van der Waals surface area (Å²) >= 11 is 0. The van der Waals surface area contributed by atoms with Crippen LogP contribution in [0.15, 0.2) is 70.7 Å². The molecule has 0 bridgehead atoms. The fourth-order valence-corrected chi connectivity index (χ4v) is 10.5. The second-order valence-corrected chi connectivity index (χ2v) is 22.3. The highest BCUT2D eigenvalue weighted by Gasteiger charge is 2.01. The minimum absolute atomic E-state index is 0.849. The summed E-state index contributed by atoms with van der Waals surface area (Å²) in [6.45, 7) is 6.78. The first-order chi connectivity index (χ1) is 35.7. The van der Waals surface area contributed by atoms with Crippen molar-refractivity contribution in [3.63, 3.8) is 0 Å². The molecule has 0 saturated heterocycles. The lowest BCUT2D eigenvalue weighted by Crippen LogP contribution is -1.96. The van der Waals surface area contributed by atoms with Gasteiger partial charge in [-0.2, -0.15) is 0 Å². The largest absolute Gasteiger partial charge is 0.255 e. The van der Waals surface area contributed by atoms with Gasteiger partial charge in [0.2, 0.25) is 0 Å². The summed E-state index contributed by atoms with van der Waals surface area (Å²) in [6, 6.07) is 17.2. The van der Waals surface area contributed by atoms with Gasteiger partial charge in [0.1, 0.15) is 0 Å². The third-order valence-electron chi connectivity index (χ3n) is 15.3. The summed E-state index contributed by atoms with van der Waals surface area (Å²) in [4.78, 5) is 9.82. The molecule has 0 aliphatic heterocycles. The van der Waals surface area contributed by atoms with Gasteiger partial charge in [-0.25, -0.2) is 0 Å². The summed E-state index contributed by atoms with van der Waals surface area (Å²) in [5, 5.41) is 0. The summed E-state index contributed by atoms with van der Waals surface area (Å²) in [7, 11) is 0. The molecule has 2 aromatic carbocycles. The van der Waals surface area contributed by atoms with E-state index in [0.29, 0.717) is 0 Å². The summed E-state index contributed by atoms with van der Waals surface area (Å²) in [6.07, 6.45) is 80.6. The topological polar surface area (TPSA) is 24.7 Å². The van der Waals surface area contributed by atoms with Gasteiger partial charge in [-0.05, 0) is 67.5 Å². The highest BCUT2D eigenvalue weighted by atomic mass is 14.8. The minimum atomic E-state index is 0.849.